The predicted octanol–water partition coefficient (Wildman–Crippen LogP) is 4.73. The standard InChI is InChI=1S/C35H46Cl2N2O8/c1-20(2)16-29-35(44)46-27(22(4)32(41)31(37)24-10-7-6-8-11-24)12-9-13-30(40)39-26(33(42)38-19-21(3)34(43)47-29)18-23-14-15-28(45-5)25(36)17-23/h6-11,13-15,17,20-22,26-27,29,31-32,35,41,44H,12,16,18-19H2,1-5H3,(H,38,42)(H,39,40)/b13-9+/t21-,22+,26-,27+,29+,31+,32-,35-/m1/s1. The van der Waals surface area contributed by atoms with E-state index in [0.29, 0.717) is 28.3 Å². The SMILES string of the molecule is COc1ccc(C[C@H]2NC(=O)/C=C/C[C@@H]([C@H](C)[C@@H](O)[C@@H](Cl)c3ccccc3)O[C@@H](O)[C@H](CC(C)C)OC(=O)[C@H](C)CNC2=O)cc1Cl. The number of nitrogens with one attached hydrogen (secondary N) is 2. The van der Waals surface area contributed by atoms with E-state index in [1.807, 2.05) is 32.0 Å². The first-order chi connectivity index (χ1) is 22.3. The van der Waals surface area contributed by atoms with Gasteiger partial charge in [-0.2, -0.15) is 0 Å². The van der Waals surface area contributed by atoms with Crippen LogP contribution >= 0.6 is 23.2 Å². The fourth-order valence-corrected chi connectivity index (χ4v) is 5.86. The van der Waals surface area contributed by atoms with Crippen LogP contribution in [-0.4, -0.2) is 72.3 Å². The summed E-state index contributed by atoms with van der Waals surface area (Å²) >= 11 is 13.0. The van der Waals surface area contributed by atoms with E-state index in [1.54, 1.807) is 44.2 Å². The molecule has 0 unspecified atom stereocenters. The number of esters is 1. The number of aliphatic hydroxyl groups excluding tert-OH is 2. The zero-order valence-corrected chi connectivity index (χ0v) is 28.9. The number of rotatable bonds is 9. The summed E-state index contributed by atoms with van der Waals surface area (Å²) in [6.07, 6.45) is -1.19. The van der Waals surface area contributed by atoms with E-state index in [0.717, 1.165) is 0 Å². The molecular weight excluding hydrogens is 647 g/mol. The van der Waals surface area contributed by atoms with E-state index in [2.05, 4.69) is 10.6 Å². The Hall–Kier alpha value is -3.15. The first-order valence-electron chi connectivity index (χ1n) is 15.8. The van der Waals surface area contributed by atoms with E-state index in [-0.39, 0.29) is 25.3 Å². The molecule has 1 heterocycles. The predicted molar refractivity (Wildman–Crippen MR) is 180 cm³/mol. The third-order valence-corrected chi connectivity index (χ3v) is 8.86. The molecule has 12 heteroatoms. The van der Waals surface area contributed by atoms with Gasteiger partial charge in [-0.05, 0) is 48.1 Å². The van der Waals surface area contributed by atoms with Crippen molar-refractivity contribution in [3.63, 3.8) is 0 Å². The molecule has 0 aliphatic carbocycles. The van der Waals surface area contributed by atoms with Crippen molar-refractivity contribution >= 4 is 41.0 Å². The molecular formula is C35H46Cl2N2O8. The molecule has 2 aromatic carbocycles. The lowest BCUT2D eigenvalue weighted by Gasteiger charge is -2.34. The molecule has 2 amide bonds. The first-order valence-corrected chi connectivity index (χ1v) is 16.6. The second-order valence-electron chi connectivity index (χ2n) is 12.4. The summed E-state index contributed by atoms with van der Waals surface area (Å²) in [5.41, 5.74) is 1.39. The Bertz CT molecular complexity index is 1360. The Morgan fingerprint density at radius 1 is 1.09 bits per heavy atom. The minimum Gasteiger partial charge on any atom is -0.495 e. The van der Waals surface area contributed by atoms with E-state index in [4.69, 9.17) is 37.4 Å². The van der Waals surface area contributed by atoms with Crippen LogP contribution in [0.4, 0.5) is 0 Å². The van der Waals surface area contributed by atoms with E-state index in [1.165, 1.54) is 19.3 Å². The molecule has 10 nitrogen and oxygen atoms in total. The van der Waals surface area contributed by atoms with Crippen LogP contribution in [0.15, 0.2) is 60.7 Å². The van der Waals surface area contributed by atoms with Gasteiger partial charge < -0.3 is 35.1 Å². The van der Waals surface area contributed by atoms with Gasteiger partial charge in [-0.15, -0.1) is 11.6 Å². The highest BCUT2D eigenvalue weighted by molar-refractivity contribution is 6.32. The minimum absolute atomic E-state index is 0.0363. The number of hydrogen-bond acceptors (Lipinski definition) is 8. The monoisotopic (exact) mass is 692 g/mol. The summed E-state index contributed by atoms with van der Waals surface area (Å²) in [5.74, 6) is -2.59. The van der Waals surface area contributed by atoms with Crippen LogP contribution in [0.1, 0.15) is 57.0 Å². The highest BCUT2D eigenvalue weighted by Crippen LogP contribution is 2.32. The maximum Gasteiger partial charge on any atom is 0.310 e. The van der Waals surface area contributed by atoms with Crippen molar-refractivity contribution in [3.8, 4) is 5.75 Å². The maximum absolute atomic E-state index is 13.3. The molecule has 0 saturated heterocycles. The van der Waals surface area contributed by atoms with Crippen LogP contribution in [0.3, 0.4) is 0 Å². The number of hydrogen-bond donors (Lipinski definition) is 4. The van der Waals surface area contributed by atoms with Crippen molar-refractivity contribution in [1.82, 2.24) is 10.6 Å². The fraction of sp³-hybridized carbons (Fsp3) is 0.514. The summed E-state index contributed by atoms with van der Waals surface area (Å²) in [5, 5.41) is 27.5. The zero-order chi connectivity index (χ0) is 34.7. The number of carbonyl (C=O) groups excluding carboxylic acids is 3. The van der Waals surface area contributed by atoms with Gasteiger partial charge in [0, 0.05) is 18.9 Å². The molecule has 1 aliphatic heterocycles. The highest BCUT2D eigenvalue weighted by atomic mass is 35.5. The fourth-order valence-electron chi connectivity index (χ4n) is 5.21. The van der Waals surface area contributed by atoms with Crippen molar-refractivity contribution in [2.45, 2.75) is 83.0 Å². The van der Waals surface area contributed by atoms with Gasteiger partial charge in [0.05, 0.1) is 35.6 Å². The molecule has 3 rings (SSSR count). The average Bonchev–Trinajstić information content (AvgIpc) is 3.04. The van der Waals surface area contributed by atoms with Gasteiger partial charge in [-0.1, -0.05) is 81.8 Å². The molecule has 2 aromatic rings. The first kappa shape index (κ1) is 38.3. The van der Waals surface area contributed by atoms with Gasteiger partial charge in [0.25, 0.3) is 0 Å². The number of aliphatic hydroxyl groups is 2. The number of ether oxygens (including phenoxy) is 3. The van der Waals surface area contributed by atoms with Gasteiger partial charge in [-0.25, -0.2) is 0 Å². The molecule has 0 radical (unpaired) electrons. The lowest BCUT2D eigenvalue weighted by atomic mass is 9.90. The smallest absolute Gasteiger partial charge is 0.310 e. The Morgan fingerprint density at radius 3 is 2.43 bits per heavy atom. The lowest BCUT2D eigenvalue weighted by Crippen LogP contribution is -2.49. The molecule has 0 aromatic heterocycles. The number of alkyl halides is 1. The number of cyclic esters (lactones) is 1. The lowest BCUT2D eigenvalue weighted by molar-refractivity contribution is -0.220. The number of benzene rings is 2. The molecule has 0 fully saturated rings. The van der Waals surface area contributed by atoms with E-state index >= 15 is 0 Å². The molecule has 0 bridgehead atoms. The largest absolute Gasteiger partial charge is 0.495 e. The number of halogens is 2. The van der Waals surface area contributed by atoms with Crippen LogP contribution in [0.25, 0.3) is 0 Å². The second-order valence-corrected chi connectivity index (χ2v) is 13.2. The van der Waals surface area contributed by atoms with Gasteiger partial charge in [0.15, 0.2) is 12.4 Å². The molecule has 0 saturated carbocycles. The molecule has 1 aliphatic rings. The molecule has 4 N–H and O–H groups in total. The summed E-state index contributed by atoms with van der Waals surface area (Å²) in [6.45, 7) is 7.09. The second kappa shape index (κ2) is 18.4. The maximum atomic E-state index is 13.3. The van der Waals surface area contributed by atoms with E-state index < -0.39 is 65.6 Å². The summed E-state index contributed by atoms with van der Waals surface area (Å²) in [4.78, 5) is 39.5. The van der Waals surface area contributed by atoms with Gasteiger partial charge in [0.2, 0.25) is 11.8 Å². The van der Waals surface area contributed by atoms with Gasteiger partial charge >= 0.3 is 5.97 Å². The zero-order valence-electron chi connectivity index (χ0n) is 27.4. The minimum atomic E-state index is -1.54. The number of amides is 2. The van der Waals surface area contributed by atoms with Crippen LogP contribution in [0.2, 0.25) is 5.02 Å². The molecule has 47 heavy (non-hydrogen) atoms. The average molecular weight is 694 g/mol. The van der Waals surface area contributed by atoms with Gasteiger partial charge in [-0.3, -0.25) is 14.4 Å². The topological polar surface area (TPSA) is 143 Å². The van der Waals surface area contributed by atoms with E-state index in [9.17, 15) is 24.6 Å². The normalized spacial score (nSPS) is 26.0. The summed E-state index contributed by atoms with van der Waals surface area (Å²) in [7, 11) is 1.50. The van der Waals surface area contributed by atoms with Crippen molar-refractivity contribution in [2.75, 3.05) is 13.7 Å². The Morgan fingerprint density at radius 2 is 1.79 bits per heavy atom. The van der Waals surface area contributed by atoms with Crippen LogP contribution in [-0.2, 0) is 30.3 Å². The van der Waals surface area contributed by atoms with Gasteiger partial charge in [0.1, 0.15) is 11.8 Å². The Labute approximate surface area is 286 Å². The van der Waals surface area contributed by atoms with Crippen molar-refractivity contribution in [3.05, 3.63) is 76.8 Å². The van der Waals surface area contributed by atoms with Crippen molar-refractivity contribution in [1.29, 1.82) is 0 Å². The van der Waals surface area contributed by atoms with Crippen molar-refractivity contribution in [2.24, 2.45) is 17.8 Å². The molecule has 8 atom stereocenters. The molecule has 0 spiro atoms. The van der Waals surface area contributed by atoms with Crippen LogP contribution in [0, 0.1) is 17.8 Å². The third-order valence-electron chi connectivity index (χ3n) is 8.06. The van der Waals surface area contributed by atoms with Crippen molar-refractivity contribution < 1.29 is 38.8 Å². The summed E-state index contributed by atoms with van der Waals surface area (Å²) in [6, 6.07) is 13.2. The highest BCUT2D eigenvalue weighted by Gasteiger charge is 2.35. The molecule has 258 valence electrons. The number of methoxy groups -OCH3 is 1. The number of carbonyl (C=O) groups is 3. The van der Waals surface area contributed by atoms with Crippen LogP contribution < -0.4 is 15.4 Å². The van der Waals surface area contributed by atoms with Crippen LogP contribution in [0.5, 0.6) is 5.75 Å². The third kappa shape index (κ3) is 11.5. The Balaban J connectivity index is 1.92. The Kier molecular flexibility index (Phi) is 15.0. The summed E-state index contributed by atoms with van der Waals surface area (Å²) < 4.78 is 17.0. The quantitative estimate of drug-likeness (QED) is 0.218.